The van der Waals surface area contributed by atoms with Crippen molar-refractivity contribution in [3.8, 4) is 0 Å². The van der Waals surface area contributed by atoms with E-state index in [1.165, 1.54) is 21.9 Å². The lowest BCUT2D eigenvalue weighted by molar-refractivity contribution is -0.132. The monoisotopic (exact) mass is 442 g/mol. The summed E-state index contributed by atoms with van der Waals surface area (Å²) in [6.07, 6.45) is 2.93. The van der Waals surface area contributed by atoms with Gasteiger partial charge in [0.15, 0.2) is 0 Å². The Morgan fingerprint density at radius 1 is 1.03 bits per heavy atom. The maximum absolute atomic E-state index is 12.6. The van der Waals surface area contributed by atoms with Gasteiger partial charge in [0.05, 0.1) is 0 Å². The SMILES string of the molecule is C[C@@H](NCC1CN(C(=O)/C=C/C(=O)O)CCC1c1ccccc1)c1cccc2ccccc12. The Labute approximate surface area is 194 Å². The van der Waals surface area contributed by atoms with Crippen LogP contribution in [0.15, 0.2) is 84.9 Å². The van der Waals surface area contributed by atoms with Crippen LogP contribution in [0.1, 0.15) is 36.4 Å². The van der Waals surface area contributed by atoms with Crippen LogP contribution in [0.3, 0.4) is 0 Å². The maximum Gasteiger partial charge on any atom is 0.328 e. The van der Waals surface area contributed by atoms with Gasteiger partial charge in [0.2, 0.25) is 5.91 Å². The third-order valence-electron chi connectivity index (χ3n) is 6.62. The van der Waals surface area contributed by atoms with E-state index in [4.69, 9.17) is 5.11 Å². The second-order valence-corrected chi connectivity index (χ2v) is 8.72. The molecule has 1 amide bonds. The summed E-state index contributed by atoms with van der Waals surface area (Å²) in [7, 11) is 0. The molecule has 5 nitrogen and oxygen atoms in total. The van der Waals surface area contributed by atoms with Crippen molar-refractivity contribution in [2.75, 3.05) is 19.6 Å². The average molecular weight is 443 g/mol. The van der Waals surface area contributed by atoms with E-state index >= 15 is 0 Å². The van der Waals surface area contributed by atoms with Crippen LogP contribution < -0.4 is 5.32 Å². The summed E-state index contributed by atoms with van der Waals surface area (Å²) >= 11 is 0. The molecular formula is C28H30N2O3. The predicted molar refractivity (Wildman–Crippen MR) is 131 cm³/mol. The maximum atomic E-state index is 12.6. The zero-order chi connectivity index (χ0) is 23.2. The smallest absolute Gasteiger partial charge is 0.328 e. The first-order valence-electron chi connectivity index (χ1n) is 11.5. The van der Waals surface area contributed by atoms with Crippen LogP contribution in [0.25, 0.3) is 10.8 Å². The van der Waals surface area contributed by atoms with Gasteiger partial charge in [0, 0.05) is 37.8 Å². The molecule has 3 atom stereocenters. The number of benzene rings is 3. The van der Waals surface area contributed by atoms with Crippen LogP contribution in [-0.2, 0) is 9.59 Å². The highest BCUT2D eigenvalue weighted by Gasteiger charge is 2.32. The fraction of sp³-hybridized carbons (Fsp3) is 0.286. The van der Waals surface area contributed by atoms with Crippen LogP contribution in [-0.4, -0.2) is 41.5 Å². The van der Waals surface area contributed by atoms with Crippen LogP contribution in [0, 0.1) is 5.92 Å². The summed E-state index contributed by atoms with van der Waals surface area (Å²) in [4.78, 5) is 25.2. The number of fused-ring (bicyclic) bond motifs is 1. The Bertz CT molecular complexity index is 1140. The highest BCUT2D eigenvalue weighted by molar-refractivity contribution is 5.94. The molecule has 2 N–H and O–H groups in total. The Morgan fingerprint density at radius 2 is 1.76 bits per heavy atom. The number of nitrogens with one attached hydrogen (secondary N) is 1. The molecule has 1 fully saturated rings. The second kappa shape index (κ2) is 10.5. The van der Waals surface area contributed by atoms with E-state index in [0.29, 0.717) is 19.0 Å². The average Bonchev–Trinajstić information content (AvgIpc) is 2.85. The van der Waals surface area contributed by atoms with E-state index < -0.39 is 5.97 Å². The molecule has 5 heteroatoms. The van der Waals surface area contributed by atoms with Crippen LogP contribution in [0.5, 0.6) is 0 Å². The van der Waals surface area contributed by atoms with Gasteiger partial charge in [-0.1, -0.05) is 72.8 Å². The van der Waals surface area contributed by atoms with Crippen molar-refractivity contribution < 1.29 is 14.7 Å². The topological polar surface area (TPSA) is 69.6 Å². The first kappa shape index (κ1) is 22.7. The van der Waals surface area contributed by atoms with Gasteiger partial charge < -0.3 is 15.3 Å². The second-order valence-electron chi connectivity index (χ2n) is 8.72. The van der Waals surface area contributed by atoms with Crippen molar-refractivity contribution in [3.63, 3.8) is 0 Å². The van der Waals surface area contributed by atoms with E-state index in [0.717, 1.165) is 25.1 Å². The highest BCUT2D eigenvalue weighted by Crippen LogP contribution is 2.33. The number of likely N-dealkylation sites (tertiary alicyclic amines) is 1. The number of carbonyl (C=O) groups is 2. The van der Waals surface area contributed by atoms with Gasteiger partial charge in [-0.15, -0.1) is 0 Å². The van der Waals surface area contributed by atoms with Crippen molar-refractivity contribution in [1.29, 1.82) is 0 Å². The Morgan fingerprint density at radius 3 is 2.55 bits per heavy atom. The van der Waals surface area contributed by atoms with Crippen LogP contribution in [0.4, 0.5) is 0 Å². The summed E-state index contributed by atoms with van der Waals surface area (Å²) in [5, 5.41) is 15.1. The summed E-state index contributed by atoms with van der Waals surface area (Å²) in [6, 6.07) is 25.4. The van der Waals surface area contributed by atoms with E-state index in [1.807, 2.05) is 6.07 Å². The van der Waals surface area contributed by atoms with E-state index in [2.05, 4.69) is 79.0 Å². The number of hydrogen-bond donors (Lipinski definition) is 2. The molecule has 4 rings (SSSR count). The van der Waals surface area contributed by atoms with Gasteiger partial charge >= 0.3 is 5.97 Å². The minimum absolute atomic E-state index is 0.158. The molecule has 2 unspecified atom stereocenters. The zero-order valence-electron chi connectivity index (χ0n) is 18.9. The van der Waals surface area contributed by atoms with Gasteiger partial charge in [-0.2, -0.15) is 0 Å². The van der Waals surface area contributed by atoms with Gasteiger partial charge in [-0.3, -0.25) is 4.79 Å². The van der Waals surface area contributed by atoms with Crippen LogP contribution in [0.2, 0.25) is 0 Å². The molecule has 0 spiro atoms. The molecule has 0 radical (unpaired) electrons. The number of amides is 1. The molecule has 1 aliphatic rings. The number of rotatable bonds is 7. The first-order chi connectivity index (χ1) is 16.0. The van der Waals surface area contributed by atoms with Gasteiger partial charge in [-0.25, -0.2) is 4.79 Å². The zero-order valence-corrected chi connectivity index (χ0v) is 18.9. The molecule has 3 aromatic rings. The molecule has 1 heterocycles. The lowest BCUT2D eigenvalue weighted by atomic mass is 9.80. The number of piperidine rings is 1. The molecule has 0 aliphatic carbocycles. The van der Waals surface area contributed by atoms with E-state index in [-0.39, 0.29) is 17.9 Å². The number of nitrogens with zero attached hydrogens (tertiary/aromatic N) is 1. The number of carbonyl (C=O) groups excluding carboxylic acids is 1. The number of hydrogen-bond acceptors (Lipinski definition) is 3. The fourth-order valence-corrected chi connectivity index (χ4v) is 4.89. The molecule has 0 bridgehead atoms. The Balaban J connectivity index is 1.51. The first-order valence-corrected chi connectivity index (χ1v) is 11.5. The number of aliphatic carboxylic acids is 1. The van der Waals surface area contributed by atoms with Crippen molar-refractivity contribution in [3.05, 3.63) is 96.1 Å². The Kier molecular flexibility index (Phi) is 7.20. The van der Waals surface area contributed by atoms with Gasteiger partial charge in [0.25, 0.3) is 0 Å². The molecule has 0 saturated carbocycles. The lowest BCUT2D eigenvalue weighted by Crippen LogP contribution is -2.46. The molecule has 33 heavy (non-hydrogen) atoms. The summed E-state index contributed by atoms with van der Waals surface area (Å²) in [6.45, 7) is 4.16. The van der Waals surface area contributed by atoms with E-state index in [9.17, 15) is 9.59 Å². The molecule has 170 valence electrons. The standard InChI is InChI=1S/C28H30N2O3/c1-20(24-13-7-11-22-10-5-6-12-26(22)24)29-18-23-19-30(27(31)14-15-28(32)33)17-16-25(23)21-8-3-2-4-9-21/h2-15,20,23,25,29H,16-19H2,1H3,(H,32,33)/b15-14+/t20-,23?,25?/m1/s1. The Hall–Kier alpha value is -3.44. The highest BCUT2D eigenvalue weighted by atomic mass is 16.4. The van der Waals surface area contributed by atoms with Gasteiger partial charge in [-0.05, 0) is 47.1 Å². The summed E-state index contributed by atoms with van der Waals surface area (Å²) in [5.74, 6) is -0.785. The van der Waals surface area contributed by atoms with E-state index in [1.54, 1.807) is 4.90 Å². The number of carboxylic acids is 1. The molecule has 3 aromatic carbocycles. The minimum atomic E-state index is -1.11. The van der Waals surface area contributed by atoms with Crippen molar-refractivity contribution >= 4 is 22.6 Å². The third-order valence-corrected chi connectivity index (χ3v) is 6.62. The van der Waals surface area contributed by atoms with Crippen LogP contribution >= 0.6 is 0 Å². The van der Waals surface area contributed by atoms with Crippen molar-refractivity contribution in [2.45, 2.75) is 25.3 Å². The summed E-state index contributed by atoms with van der Waals surface area (Å²) in [5.41, 5.74) is 2.55. The lowest BCUT2D eigenvalue weighted by Gasteiger charge is -2.39. The van der Waals surface area contributed by atoms with Crippen molar-refractivity contribution in [2.24, 2.45) is 5.92 Å². The third kappa shape index (κ3) is 5.49. The number of carboxylic acid groups (broad SMARTS) is 1. The molecule has 1 aliphatic heterocycles. The normalized spacial score (nSPS) is 19.6. The summed E-state index contributed by atoms with van der Waals surface area (Å²) < 4.78 is 0. The minimum Gasteiger partial charge on any atom is -0.478 e. The molecule has 0 aromatic heterocycles. The van der Waals surface area contributed by atoms with Gasteiger partial charge in [0.1, 0.15) is 0 Å². The molecule has 1 saturated heterocycles. The molecular weight excluding hydrogens is 412 g/mol. The fourth-order valence-electron chi connectivity index (χ4n) is 4.89. The quantitative estimate of drug-likeness (QED) is 0.518. The van der Waals surface area contributed by atoms with Crippen molar-refractivity contribution in [1.82, 2.24) is 10.2 Å². The largest absolute Gasteiger partial charge is 0.478 e. The predicted octanol–water partition coefficient (Wildman–Crippen LogP) is 4.76.